The second-order valence-electron chi connectivity index (χ2n) is 6.58. The minimum absolute atomic E-state index is 0.154. The Morgan fingerprint density at radius 2 is 2.22 bits per heavy atom. The number of hydrogen-bond acceptors (Lipinski definition) is 3. The molecule has 5 heteroatoms. The van der Waals surface area contributed by atoms with Gasteiger partial charge in [0.15, 0.2) is 0 Å². The van der Waals surface area contributed by atoms with Crippen LogP contribution in [0.1, 0.15) is 33.6 Å². The number of carbonyl (C=O) groups excluding carboxylic acids is 1. The number of nitrogens with zero attached hydrogens (tertiary/aromatic N) is 1. The summed E-state index contributed by atoms with van der Waals surface area (Å²) in [5.74, 6) is -0.154. The van der Waals surface area contributed by atoms with Crippen LogP contribution in [0, 0.1) is 11.3 Å². The van der Waals surface area contributed by atoms with Gasteiger partial charge in [0, 0.05) is 24.4 Å². The van der Waals surface area contributed by atoms with Crippen molar-refractivity contribution in [3.05, 3.63) is 0 Å². The van der Waals surface area contributed by atoms with E-state index in [9.17, 15) is 14.3 Å². The van der Waals surface area contributed by atoms with Crippen LogP contribution >= 0.6 is 0 Å². The molecule has 4 nitrogen and oxygen atoms in total. The van der Waals surface area contributed by atoms with E-state index < -0.39 is 23.3 Å². The van der Waals surface area contributed by atoms with Gasteiger partial charge in [0.05, 0.1) is 6.61 Å². The number of aliphatic hydroxyl groups is 1. The molecule has 2 fully saturated rings. The molecule has 0 radical (unpaired) electrons. The highest BCUT2D eigenvalue weighted by molar-refractivity contribution is 5.68. The number of likely N-dealkylation sites (tertiary alicyclic amines) is 1. The maximum absolute atomic E-state index is 14.1. The minimum atomic E-state index is -0.999. The van der Waals surface area contributed by atoms with Crippen LogP contribution in [0.5, 0.6) is 0 Å². The third-order valence-corrected chi connectivity index (χ3v) is 3.94. The molecule has 0 spiro atoms. The number of halogens is 1. The first kappa shape index (κ1) is 13.6. The lowest BCUT2D eigenvalue weighted by Gasteiger charge is -2.41. The van der Waals surface area contributed by atoms with Crippen molar-refractivity contribution in [3.63, 3.8) is 0 Å². The molecule has 1 heterocycles. The van der Waals surface area contributed by atoms with Gasteiger partial charge >= 0.3 is 6.09 Å². The first-order valence-electron chi connectivity index (χ1n) is 6.50. The number of hydrogen-bond donors (Lipinski definition) is 1. The highest BCUT2D eigenvalue weighted by Gasteiger charge is 2.54. The monoisotopic (exact) mass is 259 g/mol. The minimum Gasteiger partial charge on any atom is -0.444 e. The normalized spacial score (nSPS) is 35.7. The Labute approximate surface area is 107 Å². The standard InChI is InChI=1S/C13H22FNO3/c1-12(2,3)18-11(17)15-6-9-4-5-13(7-15,8-16)10(9)14/h9-10,16H,4-8H2,1-3H3. The number of amides is 1. The van der Waals surface area contributed by atoms with E-state index in [1.807, 2.05) is 20.8 Å². The first-order chi connectivity index (χ1) is 8.27. The van der Waals surface area contributed by atoms with Gasteiger partial charge in [-0.25, -0.2) is 9.18 Å². The molecule has 1 saturated heterocycles. The molecule has 104 valence electrons. The maximum atomic E-state index is 14.1. The molecule has 1 amide bonds. The highest BCUT2D eigenvalue weighted by Crippen LogP contribution is 2.48. The summed E-state index contributed by atoms with van der Waals surface area (Å²) in [4.78, 5) is 13.5. The van der Waals surface area contributed by atoms with Gasteiger partial charge in [-0.05, 0) is 33.6 Å². The van der Waals surface area contributed by atoms with Gasteiger partial charge in [-0.3, -0.25) is 0 Å². The molecular formula is C13H22FNO3. The van der Waals surface area contributed by atoms with Crippen molar-refractivity contribution in [2.45, 2.75) is 45.4 Å². The number of aliphatic hydroxyl groups excluding tert-OH is 1. The first-order valence-corrected chi connectivity index (χ1v) is 6.50. The summed E-state index contributed by atoms with van der Waals surface area (Å²) in [5.41, 5.74) is -1.31. The van der Waals surface area contributed by atoms with Gasteiger partial charge in [0.25, 0.3) is 0 Å². The SMILES string of the molecule is CC(C)(C)OC(=O)N1CC2CCC(CO)(C1)C2F. The van der Waals surface area contributed by atoms with Crippen LogP contribution in [-0.4, -0.2) is 47.6 Å². The Morgan fingerprint density at radius 1 is 1.56 bits per heavy atom. The predicted octanol–water partition coefficient (Wildman–Crippen LogP) is 1.96. The Bertz CT molecular complexity index is 342. The zero-order valence-electron chi connectivity index (χ0n) is 11.3. The largest absolute Gasteiger partial charge is 0.444 e. The summed E-state index contributed by atoms with van der Waals surface area (Å²) in [7, 11) is 0. The van der Waals surface area contributed by atoms with Crippen molar-refractivity contribution in [1.29, 1.82) is 0 Å². The number of alkyl halides is 1. The molecule has 3 atom stereocenters. The van der Waals surface area contributed by atoms with E-state index in [1.165, 1.54) is 0 Å². The van der Waals surface area contributed by atoms with Crippen molar-refractivity contribution in [2.75, 3.05) is 19.7 Å². The van der Waals surface area contributed by atoms with Crippen molar-refractivity contribution in [1.82, 2.24) is 4.90 Å². The van der Waals surface area contributed by atoms with E-state index in [2.05, 4.69) is 0 Å². The smallest absolute Gasteiger partial charge is 0.410 e. The lowest BCUT2D eigenvalue weighted by Crippen LogP contribution is -2.54. The fourth-order valence-corrected chi connectivity index (χ4v) is 3.02. The van der Waals surface area contributed by atoms with Crippen LogP contribution in [0.2, 0.25) is 0 Å². The van der Waals surface area contributed by atoms with Gasteiger partial charge in [-0.2, -0.15) is 0 Å². The maximum Gasteiger partial charge on any atom is 0.410 e. The predicted molar refractivity (Wildman–Crippen MR) is 64.9 cm³/mol. The number of piperidine rings is 1. The fourth-order valence-electron chi connectivity index (χ4n) is 3.02. The lowest BCUT2D eigenvalue weighted by atomic mass is 9.81. The topological polar surface area (TPSA) is 49.8 Å². The number of carbonyl (C=O) groups is 1. The van der Waals surface area contributed by atoms with Crippen molar-refractivity contribution in [2.24, 2.45) is 11.3 Å². The van der Waals surface area contributed by atoms with Crippen LogP contribution < -0.4 is 0 Å². The Hall–Kier alpha value is -0.840. The van der Waals surface area contributed by atoms with Crippen LogP contribution in [0.3, 0.4) is 0 Å². The van der Waals surface area contributed by atoms with E-state index in [0.717, 1.165) is 6.42 Å². The average Bonchev–Trinajstić information content (AvgIpc) is 2.48. The summed E-state index contributed by atoms with van der Waals surface area (Å²) in [6.45, 7) is 5.88. The lowest BCUT2D eigenvalue weighted by molar-refractivity contribution is -0.0408. The Balaban J connectivity index is 2.08. The molecule has 1 aliphatic heterocycles. The second-order valence-corrected chi connectivity index (χ2v) is 6.58. The van der Waals surface area contributed by atoms with Gasteiger partial charge in [0.2, 0.25) is 0 Å². The Morgan fingerprint density at radius 3 is 2.78 bits per heavy atom. The Kier molecular flexibility index (Phi) is 3.30. The van der Waals surface area contributed by atoms with Gasteiger partial charge in [-0.15, -0.1) is 0 Å². The zero-order chi connectivity index (χ0) is 13.6. The summed E-state index contributed by atoms with van der Waals surface area (Å²) in [6, 6.07) is 0. The summed E-state index contributed by atoms with van der Waals surface area (Å²) in [6.07, 6.45) is -0.0179. The summed E-state index contributed by atoms with van der Waals surface area (Å²) < 4.78 is 19.4. The molecule has 1 N–H and O–H groups in total. The van der Waals surface area contributed by atoms with Crippen LogP contribution in [0.15, 0.2) is 0 Å². The van der Waals surface area contributed by atoms with Crippen molar-refractivity contribution >= 4 is 6.09 Å². The van der Waals surface area contributed by atoms with Gasteiger partial charge in [-0.1, -0.05) is 0 Å². The number of ether oxygens (including phenoxy) is 1. The van der Waals surface area contributed by atoms with Gasteiger partial charge in [0.1, 0.15) is 11.8 Å². The molecular weight excluding hydrogens is 237 g/mol. The average molecular weight is 259 g/mol. The molecule has 18 heavy (non-hydrogen) atoms. The number of rotatable bonds is 1. The molecule has 1 aliphatic carbocycles. The molecule has 2 bridgehead atoms. The van der Waals surface area contributed by atoms with E-state index in [4.69, 9.17) is 4.74 Å². The second kappa shape index (κ2) is 4.37. The third kappa shape index (κ3) is 2.32. The summed E-state index contributed by atoms with van der Waals surface area (Å²) in [5, 5.41) is 9.45. The quantitative estimate of drug-likeness (QED) is 0.783. The van der Waals surface area contributed by atoms with E-state index in [-0.39, 0.29) is 19.1 Å². The van der Waals surface area contributed by atoms with Gasteiger partial charge < -0.3 is 14.7 Å². The number of fused-ring (bicyclic) bond motifs is 2. The van der Waals surface area contributed by atoms with Crippen LogP contribution in [0.25, 0.3) is 0 Å². The van der Waals surface area contributed by atoms with Crippen molar-refractivity contribution < 1.29 is 19.0 Å². The van der Waals surface area contributed by atoms with E-state index in [1.54, 1.807) is 4.90 Å². The van der Waals surface area contributed by atoms with Crippen LogP contribution in [-0.2, 0) is 4.74 Å². The molecule has 0 aromatic heterocycles. The summed E-state index contributed by atoms with van der Waals surface area (Å²) >= 11 is 0. The molecule has 2 rings (SSSR count). The fraction of sp³-hybridized carbons (Fsp3) is 0.923. The molecule has 0 aromatic rings. The van der Waals surface area contributed by atoms with E-state index in [0.29, 0.717) is 13.0 Å². The van der Waals surface area contributed by atoms with Crippen molar-refractivity contribution in [3.8, 4) is 0 Å². The zero-order valence-corrected chi connectivity index (χ0v) is 11.3. The molecule has 2 aliphatic rings. The highest BCUT2D eigenvalue weighted by atomic mass is 19.1. The van der Waals surface area contributed by atoms with E-state index >= 15 is 0 Å². The van der Waals surface area contributed by atoms with Crippen LogP contribution in [0.4, 0.5) is 9.18 Å². The third-order valence-electron chi connectivity index (χ3n) is 3.94. The molecule has 0 aromatic carbocycles. The molecule has 3 unspecified atom stereocenters. The molecule has 1 saturated carbocycles.